The molecule has 1 aromatic heterocycles. The van der Waals surface area contributed by atoms with E-state index in [2.05, 4.69) is 4.98 Å². The summed E-state index contributed by atoms with van der Waals surface area (Å²) in [6, 6.07) is 10.6. The fraction of sp³-hybridized carbons (Fsp3) is 0.200. The number of nitrogens with zero attached hydrogens (tertiary/aromatic N) is 2. The van der Waals surface area contributed by atoms with Crippen molar-refractivity contribution in [3.8, 4) is 0 Å². The van der Waals surface area contributed by atoms with Crippen molar-refractivity contribution >= 4 is 23.3 Å². The molecule has 20 heavy (non-hydrogen) atoms. The van der Waals surface area contributed by atoms with Gasteiger partial charge >= 0.3 is 0 Å². The largest absolute Gasteiger partial charge is 0.384 e. The molecule has 1 atom stereocenters. The van der Waals surface area contributed by atoms with Gasteiger partial charge in [0.2, 0.25) is 0 Å². The molecule has 5 heteroatoms. The molecular formula is C15H16ClN3O. The fourth-order valence-electron chi connectivity index (χ4n) is 1.93. The Hall–Kier alpha value is -2.07. The molecule has 0 fully saturated rings. The van der Waals surface area contributed by atoms with Gasteiger partial charge in [0.25, 0.3) is 5.91 Å². The van der Waals surface area contributed by atoms with E-state index in [9.17, 15) is 4.79 Å². The minimum atomic E-state index is -0.131. The second kappa shape index (κ2) is 5.92. The number of halogens is 1. The van der Waals surface area contributed by atoms with Crippen molar-refractivity contribution in [2.45, 2.75) is 13.0 Å². The predicted octanol–water partition coefficient (Wildman–Crippen LogP) is 3.15. The molecule has 0 aliphatic carbocycles. The SMILES string of the molecule is CC(c1ccccc1Cl)N(C)C(=O)c1ccc(N)nc1. The summed E-state index contributed by atoms with van der Waals surface area (Å²) in [4.78, 5) is 18.0. The number of amides is 1. The van der Waals surface area contributed by atoms with Crippen LogP contribution in [0.15, 0.2) is 42.6 Å². The Labute approximate surface area is 123 Å². The van der Waals surface area contributed by atoms with E-state index in [0.29, 0.717) is 16.4 Å². The zero-order chi connectivity index (χ0) is 14.7. The van der Waals surface area contributed by atoms with E-state index in [1.807, 2.05) is 31.2 Å². The molecule has 4 nitrogen and oxygen atoms in total. The van der Waals surface area contributed by atoms with Crippen LogP contribution in [0, 0.1) is 0 Å². The lowest BCUT2D eigenvalue weighted by molar-refractivity contribution is 0.0742. The highest BCUT2D eigenvalue weighted by molar-refractivity contribution is 6.31. The number of pyridine rings is 1. The Balaban J connectivity index is 2.22. The first-order valence-corrected chi connectivity index (χ1v) is 6.61. The van der Waals surface area contributed by atoms with Gasteiger partial charge in [-0.2, -0.15) is 0 Å². The summed E-state index contributed by atoms with van der Waals surface area (Å²) in [7, 11) is 1.74. The van der Waals surface area contributed by atoms with Gasteiger partial charge in [0.05, 0.1) is 11.6 Å². The monoisotopic (exact) mass is 289 g/mol. The maximum Gasteiger partial charge on any atom is 0.255 e. The summed E-state index contributed by atoms with van der Waals surface area (Å²) in [5.41, 5.74) is 6.93. The van der Waals surface area contributed by atoms with Crippen LogP contribution in [-0.2, 0) is 0 Å². The van der Waals surface area contributed by atoms with Crippen LogP contribution in [0.1, 0.15) is 28.9 Å². The van der Waals surface area contributed by atoms with E-state index in [0.717, 1.165) is 5.56 Å². The number of nitrogen functional groups attached to an aromatic ring is 1. The van der Waals surface area contributed by atoms with E-state index in [1.165, 1.54) is 6.20 Å². The summed E-state index contributed by atoms with van der Waals surface area (Å²) in [6.07, 6.45) is 1.48. The fourth-order valence-corrected chi connectivity index (χ4v) is 2.23. The number of aromatic nitrogens is 1. The second-order valence-electron chi connectivity index (χ2n) is 4.59. The van der Waals surface area contributed by atoms with Crippen LogP contribution in [0.5, 0.6) is 0 Å². The molecule has 0 radical (unpaired) electrons. The summed E-state index contributed by atoms with van der Waals surface area (Å²) in [5, 5.41) is 0.648. The Morgan fingerprint density at radius 3 is 2.60 bits per heavy atom. The van der Waals surface area contributed by atoms with Crippen LogP contribution in [-0.4, -0.2) is 22.8 Å². The third kappa shape index (κ3) is 2.91. The van der Waals surface area contributed by atoms with Gasteiger partial charge in [-0.05, 0) is 30.7 Å². The smallest absolute Gasteiger partial charge is 0.255 e. The van der Waals surface area contributed by atoms with Crippen LogP contribution in [0.25, 0.3) is 0 Å². The van der Waals surface area contributed by atoms with Gasteiger partial charge in [-0.15, -0.1) is 0 Å². The molecule has 0 spiro atoms. The van der Waals surface area contributed by atoms with Crippen molar-refractivity contribution in [1.29, 1.82) is 0 Å². The average molecular weight is 290 g/mol. The van der Waals surface area contributed by atoms with Crippen LogP contribution in [0.4, 0.5) is 5.82 Å². The first kappa shape index (κ1) is 14.3. The molecule has 1 aromatic carbocycles. The average Bonchev–Trinajstić information content (AvgIpc) is 2.46. The van der Waals surface area contributed by atoms with Crippen molar-refractivity contribution in [2.75, 3.05) is 12.8 Å². The lowest BCUT2D eigenvalue weighted by Gasteiger charge is -2.26. The molecule has 0 bridgehead atoms. The van der Waals surface area contributed by atoms with Gasteiger partial charge in [0.15, 0.2) is 0 Å². The van der Waals surface area contributed by atoms with Crippen molar-refractivity contribution in [1.82, 2.24) is 9.88 Å². The third-order valence-corrected chi connectivity index (χ3v) is 3.63. The van der Waals surface area contributed by atoms with E-state index < -0.39 is 0 Å². The topological polar surface area (TPSA) is 59.2 Å². The third-order valence-electron chi connectivity index (χ3n) is 3.29. The molecule has 0 aliphatic rings. The zero-order valence-corrected chi connectivity index (χ0v) is 12.1. The van der Waals surface area contributed by atoms with Crippen molar-refractivity contribution in [3.05, 3.63) is 58.7 Å². The highest BCUT2D eigenvalue weighted by atomic mass is 35.5. The molecule has 0 saturated carbocycles. The maximum absolute atomic E-state index is 12.4. The van der Waals surface area contributed by atoms with E-state index in [4.69, 9.17) is 17.3 Å². The van der Waals surface area contributed by atoms with E-state index >= 15 is 0 Å². The van der Waals surface area contributed by atoms with Crippen molar-refractivity contribution in [3.63, 3.8) is 0 Å². The van der Waals surface area contributed by atoms with Gasteiger partial charge in [0.1, 0.15) is 5.82 Å². The number of benzene rings is 1. The summed E-state index contributed by atoms with van der Waals surface area (Å²) >= 11 is 6.17. The number of hydrogen-bond donors (Lipinski definition) is 1. The van der Waals surface area contributed by atoms with Gasteiger partial charge in [-0.1, -0.05) is 29.8 Å². The molecule has 2 N–H and O–H groups in total. The molecule has 1 unspecified atom stereocenters. The highest BCUT2D eigenvalue weighted by Gasteiger charge is 2.20. The minimum Gasteiger partial charge on any atom is -0.384 e. The van der Waals surface area contributed by atoms with Gasteiger partial charge < -0.3 is 10.6 Å². The molecule has 1 amide bonds. The van der Waals surface area contributed by atoms with Gasteiger partial charge in [-0.3, -0.25) is 4.79 Å². The first-order chi connectivity index (χ1) is 9.50. The number of anilines is 1. The molecule has 2 rings (SSSR count). The van der Waals surface area contributed by atoms with E-state index in [-0.39, 0.29) is 11.9 Å². The lowest BCUT2D eigenvalue weighted by Crippen LogP contribution is -2.29. The minimum absolute atomic E-state index is 0.120. The molecule has 0 saturated heterocycles. The quantitative estimate of drug-likeness (QED) is 0.944. The number of rotatable bonds is 3. The lowest BCUT2D eigenvalue weighted by atomic mass is 10.1. The summed E-state index contributed by atoms with van der Waals surface area (Å²) in [6.45, 7) is 1.93. The van der Waals surface area contributed by atoms with Crippen LogP contribution < -0.4 is 5.73 Å². The van der Waals surface area contributed by atoms with Gasteiger partial charge in [-0.25, -0.2) is 4.98 Å². The molecule has 0 aliphatic heterocycles. The number of hydrogen-bond acceptors (Lipinski definition) is 3. The molecule has 2 aromatic rings. The normalized spacial score (nSPS) is 11.9. The predicted molar refractivity (Wildman–Crippen MR) is 80.6 cm³/mol. The zero-order valence-electron chi connectivity index (χ0n) is 11.4. The van der Waals surface area contributed by atoms with Gasteiger partial charge in [0, 0.05) is 18.3 Å². The number of carbonyl (C=O) groups is 1. The molecular weight excluding hydrogens is 274 g/mol. The van der Waals surface area contributed by atoms with Crippen molar-refractivity contribution in [2.24, 2.45) is 0 Å². The Kier molecular flexibility index (Phi) is 4.25. The Bertz CT molecular complexity index is 613. The highest BCUT2D eigenvalue weighted by Crippen LogP contribution is 2.27. The van der Waals surface area contributed by atoms with Crippen molar-refractivity contribution < 1.29 is 4.79 Å². The van der Waals surface area contributed by atoms with Crippen LogP contribution in [0.2, 0.25) is 5.02 Å². The maximum atomic E-state index is 12.4. The summed E-state index contributed by atoms with van der Waals surface area (Å²) in [5.74, 6) is 0.272. The summed E-state index contributed by atoms with van der Waals surface area (Å²) < 4.78 is 0. The van der Waals surface area contributed by atoms with Crippen LogP contribution in [0.3, 0.4) is 0 Å². The Morgan fingerprint density at radius 2 is 2.00 bits per heavy atom. The molecule has 1 heterocycles. The van der Waals surface area contributed by atoms with E-state index in [1.54, 1.807) is 24.1 Å². The molecule has 104 valence electrons. The second-order valence-corrected chi connectivity index (χ2v) is 4.99. The van der Waals surface area contributed by atoms with Crippen LogP contribution >= 0.6 is 11.6 Å². The first-order valence-electron chi connectivity index (χ1n) is 6.24. The number of nitrogens with two attached hydrogens (primary N) is 1. The number of carbonyl (C=O) groups excluding carboxylic acids is 1. The Morgan fingerprint density at radius 1 is 1.30 bits per heavy atom. The standard InChI is InChI=1S/C15H16ClN3O/c1-10(12-5-3-4-6-13(12)16)19(2)15(20)11-7-8-14(17)18-9-11/h3-10H,1-2H3,(H2,17,18).